The van der Waals surface area contributed by atoms with Gasteiger partial charge < -0.3 is 36.1 Å². The number of rotatable bonds is 13. The van der Waals surface area contributed by atoms with Crippen molar-refractivity contribution in [2.45, 2.75) is 96.6 Å². The second kappa shape index (κ2) is 16.0. The van der Waals surface area contributed by atoms with Gasteiger partial charge in [0.25, 0.3) is 0 Å². The van der Waals surface area contributed by atoms with Crippen LogP contribution >= 0.6 is 0 Å². The molecule has 11 heteroatoms. The number of carbonyl (C=O) groups is 2. The molecule has 3 aliphatic rings. The van der Waals surface area contributed by atoms with Crippen LogP contribution < -0.4 is 21.7 Å². The molecular formula is C43H57N9O2. The van der Waals surface area contributed by atoms with Gasteiger partial charge in [-0.3, -0.25) is 9.59 Å². The molecule has 2 fully saturated rings. The molecule has 0 bridgehead atoms. The lowest BCUT2D eigenvalue weighted by Crippen LogP contribution is -2.42. The highest BCUT2D eigenvalue weighted by atomic mass is 16.2. The second-order valence-corrected chi connectivity index (χ2v) is 16.4. The van der Waals surface area contributed by atoms with Crippen molar-refractivity contribution in [3.8, 4) is 6.07 Å². The number of hydrogen-bond donors (Lipinski definition) is 4. The van der Waals surface area contributed by atoms with Gasteiger partial charge >= 0.3 is 0 Å². The summed E-state index contributed by atoms with van der Waals surface area (Å²) in [6.45, 7) is 13.4. The Labute approximate surface area is 319 Å². The van der Waals surface area contributed by atoms with Gasteiger partial charge in [0, 0.05) is 71.8 Å². The van der Waals surface area contributed by atoms with Crippen molar-refractivity contribution >= 4 is 34.2 Å². The lowest BCUT2D eigenvalue weighted by Gasteiger charge is -2.39. The molecule has 1 aliphatic carbocycles. The van der Waals surface area contributed by atoms with Crippen LogP contribution in [0.4, 0.5) is 11.6 Å². The van der Waals surface area contributed by atoms with Gasteiger partial charge in [0.2, 0.25) is 5.91 Å². The Balaban J connectivity index is 0.863. The van der Waals surface area contributed by atoms with E-state index in [9.17, 15) is 14.9 Å². The zero-order valence-corrected chi connectivity index (χ0v) is 32.3. The SMILES string of the molecule is CCc1cc2c(cc1N1CCC(CC3CCN(CCCNC(=O)[C@@H](N)CCCn4ccnc4N)CC3)CC1)C(C)(C)c1[nH]c3cc(C#N)ccc3c1C2=O. The summed E-state index contributed by atoms with van der Waals surface area (Å²) in [6.07, 6.45) is 12.9. The van der Waals surface area contributed by atoms with Gasteiger partial charge in [0.1, 0.15) is 0 Å². The van der Waals surface area contributed by atoms with Crippen LogP contribution in [-0.4, -0.2) is 76.4 Å². The summed E-state index contributed by atoms with van der Waals surface area (Å²) >= 11 is 0. The molecule has 54 heavy (non-hydrogen) atoms. The minimum atomic E-state index is -0.502. The summed E-state index contributed by atoms with van der Waals surface area (Å²) in [4.78, 5) is 39.3. The molecular weight excluding hydrogens is 675 g/mol. The highest BCUT2D eigenvalue weighted by molar-refractivity contribution is 6.20. The van der Waals surface area contributed by atoms with Crippen LogP contribution in [0.15, 0.2) is 42.7 Å². The number of aromatic nitrogens is 3. The summed E-state index contributed by atoms with van der Waals surface area (Å²) in [5, 5.41) is 13.4. The van der Waals surface area contributed by atoms with E-state index in [0.717, 1.165) is 97.1 Å². The number of nitrogens with one attached hydrogen (secondary N) is 2. The van der Waals surface area contributed by atoms with E-state index >= 15 is 0 Å². The Morgan fingerprint density at radius 1 is 1.07 bits per heavy atom. The van der Waals surface area contributed by atoms with E-state index in [1.807, 2.05) is 22.9 Å². The van der Waals surface area contributed by atoms with Crippen LogP contribution in [0.5, 0.6) is 0 Å². The fourth-order valence-electron chi connectivity index (χ4n) is 9.27. The monoisotopic (exact) mass is 731 g/mol. The number of carbonyl (C=O) groups excluding carboxylic acids is 2. The fourth-order valence-corrected chi connectivity index (χ4v) is 9.27. The molecule has 0 spiro atoms. The van der Waals surface area contributed by atoms with Crippen molar-refractivity contribution in [1.82, 2.24) is 24.8 Å². The van der Waals surface area contributed by atoms with E-state index < -0.39 is 6.04 Å². The van der Waals surface area contributed by atoms with Gasteiger partial charge in [0.05, 0.1) is 23.2 Å². The van der Waals surface area contributed by atoms with Gasteiger partial charge in [0.15, 0.2) is 11.7 Å². The fraction of sp³-hybridized carbons (Fsp3) is 0.535. The van der Waals surface area contributed by atoms with Crippen LogP contribution in [0.25, 0.3) is 10.9 Å². The number of hydrogen-bond acceptors (Lipinski definition) is 8. The largest absolute Gasteiger partial charge is 0.371 e. The Kier molecular flexibility index (Phi) is 11.1. The maximum absolute atomic E-state index is 14.1. The third-order valence-corrected chi connectivity index (χ3v) is 12.6. The number of nitriles is 1. The van der Waals surface area contributed by atoms with E-state index in [-0.39, 0.29) is 17.1 Å². The maximum Gasteiger partial charge on any atom is 0.236 e. The number of imidazole rings is 1. The highest BCUT2D eigenvalue weighted by Crippen LogP contribution is 2.46. The maximum atomic E-state index is 14.1. The van der Waals surface area contributed by atoms with Gasteiger partial charge in [-0.2, -0.15) is 5.26 Å². The first kappa shape index (κ1) is 37.6. The average Bonchev–Trinajstić information content (AvgIpc) is 3.79. The van der Waals surface area contributed by atoms with E-state index in [0.29, 0.717) is 31.0 Å². The zero-order chi connectivity index (χ0) is 38.0. The lowest BCUT2D eigenvalue weighted by atomic mass is 9.70. The first-order chi connectivity index (χ1) is 26.1. The predicted octanol–water partition coefficient (Wildman–Crippen LogP) is 5.88. The average molecular weight is 732 g/mol. The first-order valence-corrected chi connectivity index (χ1v) is 20.1. The van der Waals surface area contributed by atoms with Crippen molar-refractivity contribution in [3.05, 3.63) is 76.2 Å². The number of nitrogen functional groups attached to an aromatic ring is 1. The number of H-pyrrole nitrogens is 1. The number of nitrogens with two attached hydrogens (primary N) is 2. The van der Waals surface area contributed by atoms with Crippen molar-refractivity contribution in [2.24, 2.45) is 17.6 Å². The Morgan fingerprint density at radius 2 is 1.81 bits per heavy atom. The van der Waals surface area contributed by atoms with Crippen molar-refractivity contribution in [3.63, 3.8) is 0 Å². The number of piperidine rings is 2. The van der Waals surface area contributed by atoms with Gasteiger partial charge in [-0.05, 0) is 125 Å². The lowest BCUT2D eigenvalue weighted by molar-refractivity contribution is -0.122. The topological polar surface area (TPSA) is 162 Å². The molecule has 4 aromatic rings. The molecule has 1 atom stereocenters. The van der Waals surface area contributed by atoms with Crippen LogP contribution in [0.2, 0.25) is 0 Å². The summed E-state index contributed by atoms with van der Waals surface area (Å²) in [7, 11) is 0. The second-order valence-electron chi connectivity index (χ2n) is 16.4. The molecule has 1 amide bonds. The number of anilines is 2. The van der Waals surface area contributed by atoms with Gasteiger partial charge in [-0.15, -0.1) is 0 Å². The van der Waals surface area contributed by atoms with E-state index in [1.165, 1.54) is 43.4 Å². The van der Waals surface area contributed by atoms with Crippen LogP contribution in [0.1, 0.15) is 110 Å². The van der Waals surface area contributed by atoms with E-state index in [1.54, 1.807) is 12.3 Å². The quantitative estimate of drug-likeness (QED) is 0.124. The normalized spacial score (nSPS) is 18.4. The number of aromatic amines is 1. The first-order valence-electron chi connectivity index (χ1n) is 20.1. The van der Waals surface area contributed by atoms with Crippen LogP contribution in [-0.2, 0) is 23.2 Å². The standard InChI is InChI=1S/C43H57N9O2/c1-4-31-25-33-34(43(2,3)40-38(39(33)53)32-9-8-30(27-44)24-36(32)49-40)26-37(31)51-20-12-29(13-21-51)23-28-10-18-50(19-11-28)16-6-14-47-41(54)35(45)7-5-17-52-22-15-48-42(52)46/h8-9,15,22,24-26,28-29,35,49H,4-7,10-14,16-21,23,45H2,1-3H3,(H2,46,48)(H,47,54)/t35-/m0/s1. The highest BCUT2D eigenvalue weighted by Gasteiger charge is 2.41. The minimum absolute atomic E-state index is 0.0737. The molecule has 4 heterocycles. The van der Waals surface area contributed by atoms with E-state index in [4.69, 9.17) is 11.5 Å². The number of amides is 1. The molecule has 2 saturated heterocycles. The summed E-state index contributed by atoms with van der Waals surface area (Å²) < 4.78 is 1.87. The van der Waals surface area contributed by atoms with Crippen LogP contribution in [0, 0.1) is 23.2 Å². The Bertz CT molecular complexity index is 2020. The third kappa shape index (κ3) is 7.64. The molecule has 2 aromatic heterocycles. The molecule has 7 rings (SSSR count). The van der Waals surface area contributed by atoms with Crippen molar-refractivity contribution < 1.29 is 9.59 Å². The molecule has 11 nitrogen and oxygen atoms in total. The van der Waals surface area contributed by atoms with E-state index in [2.05, 4.69) is 64.1 Å². The summed E-state index contributed by atoms with van der Waals surface area (Å²) in [6, 6.07) is 11.8. The Hall–Kier alpha value is -4.66. The molecule has 286 valence electrons. The molecule has 2 aliphatic heterocycles. The number of likely N-dealkylation sites (tertiary alicyclic amines) is 1. The van der Waals surface area contributed by atoms with Gasteiger partial charge in [-0.1, -0.05) is 26.8 Å². The summed E-state index contributed by atoms with van der Waals surface area (Å²) in [5.41, 5.74) is 19.1. The Morgan fingerprint density at radius 3 is 2.50 bits per heavy atom. The number of nitrogens with zero attached hydrogens (tertiary/aromatic N) is 5. The zero-order valence-electron chi connectivity index (χ0n) is 32.3. The molecule has 2 aromatic carbocycles. The van der Waals surface area contributed by atoms with Gasteiger partial charge in [-0.25, -0.2) is 4.98 Å². The number of benzene rings is 2. The third-order valence-electron chi connectivity index (χ3n) is 12.6. The predicted molar refractivity (Wildman–Crippen MR) is 215 cm³/mol. The summed E-state index contributed by atoms with van der Waals surface area (Å²) in [5.74, 6) is 2.02. The molecule has 0 unspecified atom stereocenters. The molecule has 6 N–H and O–H groups in total. The van der Waals surface area contributed by atoms with Crippen molar-refractivity contribution in [2.75, 3.05) is 49.9 Å². The number of ketones is 1. The number of aryl methyl sites for hydroxylation is 2. The number of fused-ring (bicyclic) bond motifs is 4. The molecule has 0 saturated carbocycles. The molecule has 0 radical (unpaired) electrons. The minimum Gasteiger partial charge on any atom is -0.371 e. The van der Waals surface area contributed by atoms with Crippen molar-refractivity contribution in [1.29, 1.82) is 5.26 Å². The smallest absolute Gasteiger partial charge is 0.236 e. The van der Waals surface area contributed by atoms with Crippen LogP contribution in [0.3, 0.4) is 0 Å².